The van der Waals surface area contributed by atoms with Crippen LogP contribution >= 0.6 is 11.3 Å². The molecule has 0 N–H and O–H groups in total. The van der Waals surface area contributed by atoms with Crippen LogP contribution in [0, 0.1) is 0 Å². The molecule has 12 nitrogen and oxygen atoms in total. The summed E-state index contributed by atoms with van der Waals surface area (Å²) in [5.74, 6) is 5.82. The number of hydrogen-bond donors (Lipinski definition) is 0. The van der Waals surface area contributed by atoms with E-state index in [9.17, 15) is 0 Å². The molecule has 0 unspecified atom stereocenters. The highest BCUT2D eigenvalue weighted by Gasteiger charge is 2.37. The van der Waals surface area contributed by atoms with Gasteiger partial charge < -0.3 is 57.5 Å². The molecule has 0 atom stereocenters. The molecular formula is C86H72N4O8S. The minimum atomic E-state index is -0.199. The van der Waals surface area contributed by atoms with Gasteiger partial charge in [0.25, 0.3) is 0 Å². The first-order valence-electron chi connectivity index (χ1n) is 32.7. The molecule has 1 aromatic heterocycles. The summed E-state index contributed by atoms with van der Waals surface area (Å²) in [6, 6.07) is 98.6. The first-order chi connectivity index (χ1) is 48.7. The minimum Gasteiger partial charge on any atom is -0.497 e. The van der Waals surface area contributed by atoms with E-state index in [-0.39, 0.29) is 11.8 Å². The molecule has 0 saturated carbocycles. The van der Waals surface area contributed by atoms with Crippen LogP contribution in [0.3, 0.4) is 0 Å². The molecule has 15 rings (SSSR count). The van der Waals surface area contributed by atoms with Gasteiger partial charge in [0, 0.05) is 89.8 Å². The third-order valence-corrected chi connectivity index (χ3v) is 20.1. The quantitative estimate of drug-likeness (QED) is 0.0648. The fraction of sp³-hybridized carbons (Fsp3) is 0.116. The number of benzene rings is 12. The molecule has 13 heteroatoms. The normalized spacial score (nSPS) is 12.0. The molecule has 99 heavy (non-hydrogen) atoms. The summed E-state index contributed by atoms with van der Waals surface area (Å²) in [5, 5.41) is 0. The van der Waals surface area contributed by atoms with E-state index in [1.165, 1.54) is 54.3 Å². The Morgan fingerprint density at radius 2 is 0.343 bits per heavy atom. The molecule has 490 valence electrons. The van der Waals surface area contributed by atoms with Crippen LogP contribution in [0.2, 0.25) is 0 Å². The number of thiophene rings is 1. The maximum atomic E-state index is 5.70. The third-order valence-electron chi connectivity index (χ3n) is 18.9. The molecule has 0 amide bonds. The number of hydrogen-bond acceptors (Lipinski definition) is 13. The van der Waals surface area contributed by atoms with E-state index in [2.05, 4.69) is 202 Å². The number of methoxy groups -OCH3 is 8. The lowest BCUT2D eigenvalue weighted by Gasteiger charge is -2.27. The Balaban J connectivity index is 0.933. The van der Waals surface area contributed by atoms with E-state index in [1.54, 1.807) is 56.9 Å². The van der Waals surface area contributed by atoms with Crippen LogP contribution in [-0.4, -0.2) is 56.9 Å². The van der Waals surface area contributed by atoms with Crippen LogP contribution in [-0.2, 0) is 0 Å². The second-order valence-corrected chi connectivity index (χ2v) is 25.3. The van der Waals surface area contributed by atoms with Crippen molar-refractivity contribution in [3.05, 3.63) is 311 Å². The zero-order chi connectivity index (χ0) is 67.7. The lowest BCUT2D eigenvalue weighted by Crippen LogP contribution is -2.11. The smallest absolute Gasteiger partial charge is 0.119 e. The Kier molecular flexibility index (Phi) is 17.3. The molecule has 12 aromatic carbocycles. The summed E-state index contributed by atoms with van der Waals surface area (Å²) < 4.78 is 45.6. The van der Waals surface area contributed by atoms with Gasteiger partial charge in [-0.1, -0.05) is 24.3 Å². The third kappa shape index (κ3) is 12.0. The lowest BCUT2D eigenvalue weighted by molar-refractivity contribution is 0.414. The molecular weight excluding hydrogens is 1250 g/mol. The van der Waals surface area contributed by atoms with E-state index in [4.69, 9.17) is 37.9 Å². The van der Waals surface area contributed by atoms with Crippen LogP contribution in [0.25, 0.3) is 22.3 Å². The van der Waals surface area contributed by atoms with Crippen molar-refractivity contribution in [3.8, 4) is 68.2 Å². The van der Waals surface area contributed by atoms with Gasteiger partial charge in [0.05, 0.1) is 56.9 Å². The van der Waals surface area contributed by atoms with Crippen LogP contribution in [0.1, 0.15) is 43.8 Å². The summed E-state index contributed by atoms with van der Waals surface area (Å²) in [5.41, 5.74) is 21.4. The van der Waals surface area contributed by atoms with Gasteiger partial charge in [-0.05, 0) is 299 Å². The molecule has 2 aliphatic rings. The Morgan fingerprint density at radius 3 is 0.495 bits per heavy atom. The SMILES string of the molecule is COc1ccc(N(c2ccc(OC)cc2)c2ccc3c(c2)C(c2ccc(C4c5cc(N(c6ccc(OC)cc6)c6ccc(OC)cc6)ccc5-c5ccc(N(c6ccc(OC)cc6)c6ccc(OC)cc6)cc54)s2)c2cc(N(c4ccc(OC)cc4)c4ccc(OC)cc4)ccc2-3)cc1. The summed E-state index contributed by atoms with van der Waals surface area (Å²) >= 11 is 1.88. The number of rotatable bonds is 22. The average molecular weight is 1320 g/mol. The molecule has 0 aliphatic heterocycles. The molecule has 0 saturated heterocycles. The molecule has 0 bridgehead atoms. The van der Waals surface area contributed by atoms with Gasteiger partial charge in [-0.25, -0.2) is 0 Å². The van der Waals surface area contributed by atoms with Gasteiger partial charge in [0.15, 0.2) is 0 Å². The van der Waals surface area contributed by atoms with Crippen LogP contribution in [0.4, 0.5) is 68.2 Å². The number of fused-ring (bicyclic) bond motifs is 6. The highest BCUT2D eigenvalue weighted by atomic mass is 32.1. The first-order valence-corrected chi connectivity index (χ1v) is 33.5. The topological polar surface area (TPSA) is 86.8 Å². The van der Waals surface area contributed by atoms with Gasteiger partial charge in [-0.3, -0.25) is 0 Å². The summed E-state index contributed by atoms with van der Waals surface area (Å²) in [6.07, 6.45) is 0. The van der Waals surface area contributed by atoms with Gasteiger partial charge >= 0.3 is 0 Å². The highest BCUT2D eigenvalue weighted by Crippen LogP contribution is 2.58. The van der Waals surface area contributed by atoms with E-state index < -0.39 is 0 Å². The maximum absolute atomic E-state index is 5.70. The molecule has 0 radical (unpaired) electrons. The summed E-state index contributed by atoms with van der Waals surface area (Å²) in [7, 11) is 13.6. The largest absolute Gasteiger partial charge is 0.497 e. The molecule has 0 spiro atoms. The van der Waals surface area contributed by atoms with Gasteiger partial charge in [0.2, 0.25) is 0 Å². The molecule has 2 aliphatic carbocycles. The van der Waals surface area contributed by atoms with Gasteiger partial charge in [-0.2, -0.15) is 0 Å². The number of anilines is 12. The van der Waals surface area contributed by atoms with Crippen molar-refractivity contribution in [1.29, 1.82) is 0 Å². The number of nitrogens with zero attached hydrogens (tertiary/aromatic N) is 4. The highest BCUT2D eigenvalue weighted by molar-refractivity contribution is 7.12. The van der Waals surface area contributed by atoms with E-state index in [0.717, 1.165) is 114 Å². The fourth-order valence-corrected chi connectivity index (χ4v) is 15.2. The van der Waals surface area contributed by atoms with Crippen molar-refractivity contribution in [3.63, 3.8) is 0 Å². The van der Waals surface area contributed by atoms with Crippen molar-refractivity contribution in [2.75, 3.05) is 76.5 Å². The first kappa shape index (κ1) is 63.0. The standard InChI is InChI=1S/C86H72N4O8S/c1-91-67-29-9-55(10-30-67)87(56-11-31-68(92-2)32-12-56)63-25-45-75-76-46-26-64(88(57-13-33-69(93-3)34-14-57)58-15-35-70(94-4)36-16-58)52-80(76)85(79(75)51-63)83-49-50-84(99-83)86-81-53-65(89(59-17-37-71(95-5)38-18-59)60-19-39-72(96-6)40-20-60)27-47-77(81)78-48-28-66(54-82(78)86)90(61-21-41-73(97-7)42-22-61)62-23-43-74(98-8)44-24-62/h9-54,85-86H,1-8H3. The van der Waals surface area contributed by atoms with Crippen molar-refractivity contribution in [2.24, 2.45) is 0 Å². The van der Waals surface area contributed by atoms with Gasteiger partial charge in [0.1, 0.15) is 46.0 Å². The van der Waals surface area contributed by atoms with E-state index in [0.29, 0.717) is 0 Å². The van der Waals surface area contributed by atoms with Crippen molar-refractivity contribution < 1.29 is 37.9 Å². The Hall–Kier alpha value is -12.1. The zero-order valence-electron chi connectivity index (χ0n) is 56.2. The van der Waals surface area contributed by atoms with Crippen molar-refractivity contribution in [2.45, 2.75) is 11.8 Å². The fourth-order valence-electron chi connectivity index (χ4n) is 14.0. The molecule has 0 fully saturated rings. The van der Waals surface area contributed by atoms with E-state index >= 15 is 0 Å². The molecule has 13 aromatic rings. The van der Waals surface area contributed by atoms with Crippen LogP contribution < -0.4 is 57.5 Å². The summed E-state index contributed by atoms with van der Waals surface area (Å²) in [6.45, 7) is 0. The summed E-state index contributed by atoms with van der Waals surface area (Å²) in [4.78, 5) is 11.7. The second-order valence-electron chi connectivity index (χ2n) is 24.1. The maximum Gasteiger partial charge on any atom is 0.119 e. The van der Waals surface area contributed by atoms with Crippen molar-refractivity contribution in [1.82, 2.24) is 0 Å². The molecule has 1 heterocycles. The van der Waals surface area contributed by atoms with Crippen LogP contribution in [0.15, 0.2) is 279 Å². The Morgan fingerprint density at radius 1 is 0.192 bits per heavy atom. The monoisotopic (exact) mass is 1320 g/mol. The predicted molar refractivity (Wildman–Crippen MR) is 401 cm³/mol. The van der Waals surface area contributed by atoms with Crippen molar-refractivity contribution >= 4 is 79.6 Å². The average Bonchev–Trinajstić information content (AvgIpc) is 1.61. The minimum absolute atomic E-state index is 0.199. The zero-order valence-corrected chi connectivity index (χ0v) is 57.0. The Labute approximate surface area is 581 Å². The van der Waals surface area contributed by atoms with Gasteiger partial charge in [-0.15, -0.1) is 11.3 Å². The second kappa shape index (κ2) is 27.2. The number of ether oxygens (including phenoxy) is 8. The lowest BCUT2D eigenvalue weighted by atomic mass is 9.93. The predicted octanol–water partition coefficient (Wildman–Crippen LogP) is 22.0. The van der Waals surface area contributed by atoms with Crippen LogP contribution in [0.5, 0.6) is 46.0 Å². The van der Waals surface area contributed by atoms with E-state index in [1.807, 2.05) is 108 Å². The Bertz CT molecular complexity index is 4210.